The zero-order chi connectivity index (χ0) is 16.4. The summed E-state index contributed by atoms with van der Waals surface area (Å²) in [6, 6.07) is 10.9. The lowest BCUT2D eigenvalue weighted by Gasteiger charge is -2.09. The average molecular weight is 334 g/mol. The molecule has 1 aliphatic carbocycles. The highest BCUT2D eigenvalue weighted by atomic mass is 32.2. The van der Waals surface area contributed by atoms with Gasteiger partial charge in [0, 0.05) is 17.3 Å². The largest absolute Gasteiger partial charge is 0.326 e. The van der Waals surface area contributed by atoms with E-state index in [1.54, 1.807) is 12.1 Å². The Bertz CT molecular complexity index is 813. The first kappa shape index (κ1) is 15.5. The molecule has 2 N–H and O–H groups in total. The molecule has 2 aromatic carbocycles. The maximum Gasteiger partial charge on any atom is 0.261 e. The number of halogens is 1. The van der Waals surface area contributed by atoms with Crippen LogP contribution in [0.4, 0.5) is 15.8 Å². The van der Waals surface area contributed by atoms with Gasteiger partial charge in [0.25, 0.3) is 10.0 Å². The highest BCUT2D eigenvalue weighted by molar-refractivity contribution is 7.92. The Morgan fingerprint density at radius 2 is 1.52 bits per heavy atom. The standard InChI is InChI=1S/C16H15FN2O3S/c17-12-3-5-14(6-4-12)19-23(21,22)15-9-7-13(8-10-15)18-16(20)11-1-2-11/h3-11,19H,1-2H2,(H,18,20). The van der Waals surface area contributed by atoms with Crippen molar-refractivity contribution < 1.29 is 17.6 Å². The lowest BCUT2D eigenvalue weighted by Crippen LogP contribution is -2.14. The van der Waals surface area contributed by atoms with E-state index >= 15 is 0 Å². The van der Waals surface area contributed by atoms with Crippen molar-refractivity contribution in [1.29, 1.82) is 0 Å². The van der Waals surface area contributed by atoms with Crippen molar-refractivity contribution in [2.45, 2.75) is 17.7 Å². The van der Waals surface area contributed by atoms with Crippen molar-refractivity contribution in [3.63, 3.8) is 0 Å². The Kier molecular flexibility index (Phi) is 4.04. The number of amides is 1. The van der Waals surface area contributed by atoms with Gasteiger partial charge >= 0.3 is 0 Å². The SMILES string of the molecule is O=C(Nc1ccc(S(=O)(=O)Nc2ccc(F)cc2)cc1)C1CC1. The van der Waals surface area contributed by atoms with E-state index < -0.39 is 15.8 Å². The van der Waals surface area contributed by atoms with Crippen molar-refractivity contribution in [3.05, 3.63) is 54.3 Å². The van der Waals surface area contributed by atoms with E-state index in [1.165, 1.54) is 36.4 Å². The molecule has 120 valence electrons. The predicted octanol–water partition coefficient (Wildman–Crippen LogP) is 2.98. The fraction of sp³-hybridized carbons (Fsp3) is 0.188. The van der Waals surface area contributed by atoms with Gasteiger partial charge in [0.05, 0.1) is 4.90 Å². The van der Waals surface area contributed by atoms with Crippen LogP contribution in [0.5, 0.6) is 0 Å². The van der Waals surface area contributed by atoms with E-state index in [4.69, 9.17) is 0 Å². The molecule has 23 heavy (non-hydrogen) atoms. The first-order chi connectivity index (χ1) is 10.9. The summed E-state index contributed by atoms with van der Waals surface area (Å²) in [5.74, 6) is -0.396. The van der Waals surface area contributed by atoms with Gasteiger partial charge in [0.2, 0.25) is 5.91 Å². The molecule has 7 heteroatoms. The van der Waals surface area contributed by atoms with Crippen LogP contribution in [0.25, 0.3) is 0 Å². The molecule has 0 radical (unpaired) electrons. The second-order valence-corrected chi connectivity index (χ2v) is 7.08. The van der Waals surface area contributed by atoms with Crippen LogP contribution in [-0.2, 0) is 14.8 Å². The lowest BCUT2D eigenvalue weighted by atomic mass is 10.3. The van der Waals surface area contributed by atoms with Crippen LogP contribution in [0.3, 0.4) is 0 Å². The van der Waals surface area contributed by atoms with E-state index in [-0.39, 0.29) is 22.4 Å². The van der Waals surface area contributed by atoms with E-state index in [9.17, 15) is 17.6 Å². The highest BCUT2D eigenvalue weighted by Gasteiger charge is 2.29. The minimum Gasteiger partial charge on any atom is -0.326 e. The molecule has 2 aromatic rings. The van der Waals surface area contributed by atoms with Crippen molar-refractivity contribution in [2.75, 3.05) is 10.0 Å². The van der Waals surface area contributed by atoms with Crippen LogP contribution in [-0.4, -0.2) is 14.3 Å². The van der Waals surface area contributed by atoms with Gasteiger partial charge in [-0.3, -0.25) is 9.52 Å². The van der Waals surface area contributed by atoms with Gasteiger partial charge in [0.15, 0.2) is 0 Å². The normalized spacial score (nSPS) is 14.3. The van der Waals surface area contributed by atoms with Gasteiger partial charge < -0.3 is 5.32 Å². The Hall–Kier alpha value is -2.41. The van der Waals surface area contributed by atoms with Gasteiger partial charge in [-0.15, -0.1) is 0 Å². The summed E-state index contributed by atoms with van der Waals surface area (Å²) in [7, 11) is -3.76. The van der Waals surface area contributed by atoms with Crippen LogP contribution in [0, 0.1) is 11.7 Å². The first-order valence-electron chi connectivity index (χ1n) is 7.13. The van der Waals surface area contributed by atoms with E-state index in [0.29, 0.717) is 5.69 Å². The maximum atomic E-state index is 12.8. The highest BCUT2D eigenvalue weighted by Crippen LogP contribution is 2.30. The number of carbonyl (C=O) groups excluding carboxylic acids is 1. The van der Waals surface area contributed by atoms with Gasteiger partial charge in [-0.2, -0.15) is 0 Å². The molecular weight excluding hydrogens is 319 g/mol. The van der Waals surface area contributed by atoms with Crippen molar-refractivity contribution in [2.24, 2.45) is 5.92 Å². The zero-order valence-electron chi connectivity index (χ0n) is 12.1. The summed E-state index contributed by atoms with van der Waals surface area (Å²) in [4.78, 5) is 11.7. The van der Waals surface area contributed by atoms with Crippen LogP contribution in [0.1, 0.15) is 12.8 Å². The lowest BCUT2D eigenvalue weighted by molar-refractivity contribution is -0.117. The molecule has 1 fully saturated rings. The summed E-state index contributed by atoms with van der Waals surface area (Å²) in [6.07, 6.45) is 1.81. The van der Waals surface area contributed by atoms with Gasteiger partial charge in [0.1, 0.15) is 5.82 Å². The molecular formula is C16H15FN2O3S. The summed E-state index contributed by atoms with van der Waals surface area (Å²) >= 11 is 0. The number of anilines is 2. The molecule has 0 spiro atoms. The number of hydrogen-bond donors (Lipinski definition) is 2. The number of hydrogen-bond acceptors (Lipinski definition) is 3. The number of rotatable bonds is 5. The Morgan fingerprint density at radius 3 is 2.09 bits per heavy atom. The molecule has 5 nitrogen and oxygen atoms in total. The Morgan fingerprint density at radius 1 is 0.957 bits per heavy atom. The second kappa shape index (κ2) is 6.00. The predicted molar refractivity (Wildman–Crippen MR) is 85.0 cm³/mol. The number of sulfonamides is 1. The molecule has 1 amide bonds. The molecule has 0 atom stereocenters. The van der Waals surface area contributed by atoms with Crippen molar-refractivity contribution in [1.82, 2.24) is 0 Å². The van der Waals surface area contributed by atoms with Crippen LogP contribution >= 0.6 is 0 Å². The first-order valence-corrected chi connectivity index (χ1v) is 8.62. The summed E-state index contributed by atoms with van der Waals surface area (Å²) in [6.45, 7) is 0. The minimum absolute atomic E-state index is 0.0370. The third-order valence-corrected chi connectivity index (χ3v) is 4.87. The molecule has 0 bridgehead atoms. The molecule has 1 aliphatic rings. The Balaban J connectivity index is 1.71. The van der Waals surface area contributed by atoms with E-state index in [0.717, 1.165) is 12.8 Å². The maximum absolute atomic E-state index is 12.8. The molecule has 0 saturated heterocycles. The minimum atomic E-state index is -3.76. The molecule has 0 unspecified atom stereocenters. The number of carbonyl (C=O) groups is 1. The third kappa shape index (κ3) is 3.87. The van der Waals surface area contributed by atoms with Gasteiger partial charge in [-0.1, -0.05) is 0 Å². The monoisotopic (exact) mass is 334 g/mol. The third-order valence-electron chi connectivity index (χ3n) is 3.48. The molecule has 0 heterocycles. The fourth-order valence-electron chi connectivity index (χ4n) is 2.04. The smallest absolute Gasteiger partial charge is 0.261 e. The summed E-state index contributed by atoms with van der Waals surface area (Å²) in [5.41, 5.74) is 0.833. The summed E-state index contributed by atoms with van der Waals surface area (Å²) < 4.78 is 39.7. The van der Waals surface area contributed by atoms with Crippen molar-refractivity contribution in [3.8, 4) is 0 Å². The summed E-state index contributed by atoms with van der Waals surface area (Å²) in [5, 5.41) is 2.74. The van der Waals surface area contributed by atoms with E-state index in [1.807, 2.05) is 0 Å². The van der Waals surface area contributed by atoms with Gasteiger partial charge in [-0.05, 0) is 61.4 Å². The average Bonchev–Trinajstić information content (AvgIpc) is 3.35. The molecule has 3 rings (SSSR count). The fourth-order valence-corrected chi connectivity index (χ4v) is 3.10. The van der Waals surface area contributed by atoms with Crippen LogP contribution in [0.15, 0.2) is 53.4 Å². The molecule has 1 saturated carbocycles. The zero-order valence-corrected chi connectivity index (χ0v) is 12.9. The van der Waals surface area contributed by atoms with Crippen LogP contribution < -0.4 is 10.0 Å². The quantitative estimate of drug-likeness (QED) is 0.883. The number of benzene rings is 2. The van der Waals surface area contributed by atoms with Crippen LogP contribution in [0.2, 0.25) is 0 Å². The number of nitrogens with one attached hydrogen (secondary N) is 2. The van der Waals surface area contributed by atoms with Gasteiger partial charge in [-0.25, -0.2) is 12.8 Å². The van der Waals surface area contributed by atoms with Crippen molar-refractivity contribution >= 4 is 27.3 Å². The second-order valence-electron chi connectivity index (χ2n) is 5.40. The molecule has 0 aromatic heterocycles. The Labute approximate surface area is 133 Å². The van der Waals surface area contributed by atoms with E-state index in [2.05, 4.69) is 10.0 Å². The molecule has 0 aliphatic heterocycles. The topological polar surface area (TPSA) is 75.3 Å².